The van der Waals surface area contributed by atoms with Crippen molar-refractivity contribution >= 4 is 17.3 Å². The minimum absolute atomic E-state index is 0.526. The highest BCUT2D eigenvalue weighted by atomic mass is 35.5. The molecule has 0 aromatic carbocycles. The molecule has 0 radical (unpaired) electrons. The molecule has 21 heavy (non-hydrogen) atoms. The summed E-state index contributed by atoms with van der Waals surface area (Å²) in [6, 6.07) is 0.526. The molecular weight excluding hydrogens is 284 g/mol. The molecule has 120 valence electrons. The Morgan fingerprint density at radius 1 is 1.29 bits per heavy atom. The SMILES string of the molecule is C=C(c1nn2c(c1Cl)CN(C(C)C)CCC2)N(C)C.CC. The third-order valence-corrected chi connectivity index (χ3v) is 4.10. The molecule has 0 spiro atoms. The number of aryl methyl sites for hydroxylation is 1. The predicted molar refractivity (Wildman–Crippen MR) is 91.5 cm³/mol. The third-order valence-electron chi connectivity index (χ3n) is 3.71. The van der Waals surface area contributed by atoms with Crippen LogP contribution < -0.4 is 0 Å². The first kappa shape index (κ1) is 18.1. The van der Waals surface area contributed by atoms with E-state index < -0.39 is 0 Å². The topological polar surface area (TPSA) is 24.3 Å². The van der Waals surface area contributed by atoms with E-state index >= 15 is 0 Å². The van der Waals surface area contributed by atoms with E-state index in [0.29, 0.717) is 6.04 Å². The number of aromatic nitrogens is 2. The van der Waals surface area contributed by atoms with Crippen molar-refractivity contribution in [2.75, 3.05) is 20.6 Å². The fourth-order valence-corrected chi connectivity index (χ4v) is 2.65. The maximum Gasteiger partial charge on any atom is 0.127 e. The van der Waals surface area contributed by atoms with Gasteiger partial charge in [-0.3, -0.25) is 9.58 Å². The van der Waals surface area contributed by atoms with Crippen molar-refractivity contribution < 1.29 is 0 Å². The second kappa shape index (κ2) is 7.85. The van der Waals surface area contributed by atoms with Crippen LogP contribution >= 0.6 is 11.6 Å². The summed E-state index contributed by atoms with van der Waals surface area (Å²) in [5.41, 5.74) is 2.79. The van der Waals surface area contributed by atoms with Crippen LogP contribution in [-0.4, -0.2) is 46.3 Å². The van der Waals surface area contributed by atoms with Crippen molar-refractivity contribution in [3.63, 3.8) is 0 Å². The Labute approximate surface area is 134 Å². The van der Waals surface area contributed by atoms with Gasteiger partial charge in [0.25, 0.3) is 0 Å². The number of hydrogen-bond acceptors (Lipinski definition) is 3. The summed E-state index contributed by atoms with van der Waals surface area (Å²) in [5.74, 6) is 0. The zero-order valence-electron chi connectivity index (χ0n) is 14.3. The van der Waals surface area contributed by atoms with Gasteiger partial charge in [-0.15, -0.1) is 0 Å². The van der Waals surface area contributed by atoms with Crippen molar-refractivity contribution in [1.82, 2.24) is 19.6 Å². The fourth-order valence-electron chi connectivity index (χ4n) is 2.34. The average molecular weight is 313 g/mol. The molecule has 0 unspecified atom stereocenters. The van der Waals surface area contributed by atoms with Gasteiger partial charge in [0.05, 0.1) is 16.4 Å². The fraction of sp³-hybridized carbons (Fsp3) is 0.688. The van der Waals surface area contributed by atoms with Crippen LogP contribution in [0, 0.1) is 0 Å². The van der Waals surface area contributed by atoms with Crippen LogP contribution in [-0.2, 0) is 13.1 Å². The molecule has 1 aliphatic rings. The van der Waals surface area contributed by atoms with E-state index in [-0.39, 0.29) is 0 Å². The van der Waals surface area contributed by atoms with Crippen LogP contribution in [0.1, 0.15) is 45.5 Å². The Balaban J connectivity index is 0.00000106. The van der Waals surface area contributed by atoms with E-state index in [1.165, 1.54) is 0 Å². The second-order valence-electron chi connectivity index (χ2n) is 5.59. The van der Waals surface area contributed by atoms with E-state index in [0.717, 1.165) is 48.2 Å². The lowest BCUT2D eigenvalue weighted by atomic mass is 10.2. The first-order valence-electron chi connectivity index (χ1n) is 7.77. The van der Waals surface area contributed by atoms with E-state index in [4.69, 9.17) is 11.6 Å². The molecule has 1 aromatic heterocycles. The number of fused-ring (bicyclic) bond motifs is 1. The number of halogens is 1. The van der Waals surface area contributed by atoms with Gasteiger partial charge in [-0.05, 0) is 20.3 Å². The molecule has 1 aliphatic heterocycles. The summed E-state index contributed by atoms with van der Waals surface area (Å²) in [6.07, 6.45) is 1.11. The summed E-state index contributed by atoms with van der Waals surface area (Å²) in [6.45, 7) is 15.4. The molecule has 2 heterocycles. The van der Waals surface area contributed by atoms with Gasteiger partial charge in [0.2, 0.25) is 0 Å². The summed E-state index contributed by atoms with van der Waals surface area (Å²) >= 11 is 6.53. The maximum absolute atomic E-state index is 6.53. The Kier molecular flexibility index (Phi) is 6.75. The van der Waals surface area contributed by atoms with E-state index in [1.807, 2.05) is 32.8 Å². The molecule has 2 rings (SSSR count). The van der Waals surface area contributed by atoms with Gasteiger partial charge in [-0.25, -0.2) is 0 Å². The quantitative estimate of drug-likeness (QED) is 0.850. The van der Waals surface area contributed by atoms with Crippen LogP contribution in [0.5, 0.6) is 0 Å². The van der Waals surface area contributed by atoms with Crippen LogP contribution in [0.4, 0.5) is 0 Å². The lowest BCUT2D eigenvalue weighted by Crippen LogP contribution is -2.30. The van der Waals surface area contributed by atoms with Gasteiger partial charge in [0.15, 0.2) is 0 Å². The molecule has 1 aromatic rings. The Hall–Kier alpha value is -1.00. The van der Waals surface area contributed by atoms with Crippen molar-refractivity contribution in [3.05, 3.63) is 23.0 Å². The normalized spacial score (nSPS) is 15.0. The highest BCUT2D eigenvalue weighted by molar-refractivity contribution is 6.32. The van der Waals surface area contributed by atoms with Crippen molar-refractivity contribution in [2.45, 2.75) is 53.2 Å². The molecule has 0 atom stereocenters. The third kappa shape index (κ3) is 4.01. The second-order valence-corrected chi connectivity index (χ2v) is 5.97. The van der Waals surface area contributed by atoms with Gasteiger partial charge in [-0.1, -0.05) is 32.0 Å². The van der Waals surface area contributed by atoms with Crippen molar-refractivity contribution in [3.8, 4) is 0 Å². The lowest BCUT2D eigenvalue weighted by molar-refractivity contribution is 0.216. The number of rotatable bonds is 3. The van der Waals surface area contributed by atoms with Gasteiger partial charge in [0.1, 0.15) is 5.69 Å². The average Bonchev–Trinajstić information content (AvgIpc) is 2.65. The van der Waals surface area contributed by atoms with E-state index in [1.54, 1.807) is 0 Å². The van der Waals surface area contributed by atoms with Crippen molar-refractivity contribution in [2.24, 2.45) is 0 Å². The Morgan fingerprint density at radius 3 is 2.43 bits per heavy atom. The molecule has 5 heteroatoms. The molecule has 0 bridgehead atoms. The minimum atomic E-state index is 0.526. The number of hydrogen-bond donors (Lipinski definition) is 0. The first-order valence-corrected chi connectivity index (χ1v) is 8.15. The highest BCUT2D eigenvalue weighted by Gasteiger charge is 2.24. The molecule has 0 saturated heterocycles. The molecule has 0 fully saturated rings. The molecule has 0 aliphatic carbocycles. The standard InChI is InChI=1S/C14H23ClN4.C2H6/c1-10(2)18-7-6-8-19-12(9-18)13(15)14(16-19)11(3)17(4)5;1-2/h10H,3,6-9H2,1-2,4-5H3;1-2H3. The molecule has 0 amide bonds. The molecule has 0 saturated carbocycles. The van der Waals surface area contributed by atoms with Gasteiger partial charge in [0, 0.05) is 39.8 Å². The van der Waals surface area contributed by atoms with Gasteiger partial charge in [-0.2, -0.15) is 5.10 Å². The predicted octanol–water partition coefficient (Wildman–Crippen LogP) is 3.71. The molecule has 4 nitrogen and oxygen atoms in total. The molecule has 0 N–H and O–H groups in total. The largest absolute Gasteiger partial charge is 0.376 e. The smallest absolute Gasteiger partial charge is 0.127 e. The monoisotopic (exact) mass is 312 g/mol. The highest BCUT2D eigenvalue weighted by Crippen LogP contribution is 2.29. The van der Waals surface area contributed by atoms with Crippen LogP contribution in [0.15, 0.2) is 6.58 Å². The minimum Gasteiger partial charge on any atom is -0.376 e. The van der Waals surface area contributed by atoms with Crippen LogP contribution in [0.3, 0.4) is 0 Å². The summed E-state index contributed by atoms with van der Waals surface area (Å²) < 4.78 is 2.05. The van der Waals surface area contributed by atoms with Crippen molar-refractivity contribution in [1.29, 1.82) is 0 Å². The zero-order chi connectivity index (χ0) is 16.2. The Morgan fingerprint density at radius 2 is 1.90 bits per heavy atom. The Bertz CT molecular complexity index is 477. The van der Waals surface area contributed by atoms with Crippen LogP contribution in [0.2, 0.25) is 5.02 Å². The molecular formula is C16H29ClN4. The van der Waals surface area contributed by atoms with Gasteiger partial charge < -0.3 is 4.90 Å². The summed E-state index contributed by atoms with van der Waals surface area (Å²) in [4.78, 5) is 4.39. The first-order chi connectivity index (χ1) is 9.91. The zero-order valence-corrected chi connectivity index (χ0v) is 15.0. The summed E-state index contributed by atoms with van der Waals surface area (Å²) in [5, 5.41) is 5.40. The van der Waals surface area contributed by atoms with Crippen LogP contribution in [0.25, 0.3) is 5.70 Å². The van der Waals surface area contributed by atoms with Gasteiger partial charge >= 0.3 is 0 Å². The number of nitrogens with zero attached hydrogens (tertiary/aromatic N) is 4. The van der Waals surface area contributed by atoms with E-state index in [2.05, 4.69) is 35.1 Å². The maximum atomic E-state index is 6.53. The lowest BCUT2D eigenvalue weighted by Gasteiger charge is -2.24. The summed E-state index contributed by atoms with van der Waals surface area (Å²) in [7, 11) is 3.92. The van der Waals surface area contributed by atoms with E-state index in [9.17, 15) is 0 Å².